The quantitative estimate of drug-likeness (QED) is 0.410. The van der Waals surface area contributed by atoms with E-state index in [9.17, 15) is 19.5 Å². The molecule has 0 saturated carbocycles. The SMILES string of the molecule is COCCCCn1c(C(=O)N(CC(C)C)[C@@H]2CN(C(=O)OC(C)(C)C)C[C@](C)(C(=O)O)C2)cc2ccccc21. The summed E-state index contributed by atoms with van der Waals surface area (Å²) in [7, 11) is 1.68. The maximum Gasteiger partial charge on any atom is 0.410 e. The number of carboxylic acids is 1. The lowest BCUT2D eigenvalue weighted by Crippen LogP contribution is -2.60. The largest absolute Gasteiger partial charge is 0.481 e. The van der Waals surface area contributed by atoms with Crippen molar-refractivity contribution < 1.29 is 29.0 Å². The minimum atomic E-state index is -1.22. The van der Waals surface area contributed by atoms with Gasteiger partial charge in [0.05, 0.1) is 11.5 Å². The number of para-hydroxylation sites is 1. The van der Waals surface area contributed by atoms with Crippen LogP contribution in [0, 0.1) is 11.3 Å². The summed E-state index contributed by atoms with van der Waals surface area (Å²) < 4.78 is 12.9. The first-order valence-electron chi connectivity index (χ1n) is 13.8. The zero-order chi connectivity index (χ0) is 29.0. The summed E-state index contributed by atoms with van der Waals surface area (Å²) in [6.45, 7) is 13.0. The van der Waals surface area contributed by atoms with Crippen LogP contribution in [0.25, 0.3) is 10.9 Å². The van der Waals surface area contributed by atoms with E-state index in [0.29, 0.717) is 25.4 Å². The summed E-state index contributed by atoms with van der Waals surface area (Å²) in [5, 5.41) is 11.1. The fourth-order valence-corrected chi connectivity index (χ4v) is 5.30. The second-order valence-corrected chi connectivity index (χ2v) is 12.4. The summed E-state index contributed by atoms with van der Waals surface area (Å²) >= 11 is 0. The number of aliphatic carboxylic acids is 1. The van der Waals surface area contributed by atoms with Gasteiger partial charge < -0.3 is 28.9 Å². The van der Waals surface area contributed by atoms with Crippen LogP contribution in [0.1, 0.15) is 71.3 Å². The van der Waals surface area contributed by atoms with Gasteiger partial charge in [-0.25, -0.2) is 4.79 Å². The number of aryl methyl sites for hydroxylation is 1. The molecule has 1 aromatic carbocycles. The Morgan fingerprint density at radius 2 is 1.87 bits per heavy atom. The molecule has 0 spiro atoms. The van der Waals surface area contributed by atoms with Gasteiger partial charge in [-0.15, -0.1) is 0 Å². The molecule has 2 aromatic rings. The molecule has 3 rings (SSSR count). The fourth-order valence-electron chi connectivity index (χ4n) is 5.30. The maximum absolute atomic E-state index is 14.3. The molecule has 9 nitrogen and oxygen atoms in total. The van der Waals surface area contributed by atoms with Gasteiger partial charge in [0, 0.05) is 50.8 Å². The van der Waals surface area contributed by atoms with Crippen LogP contribution in [-0.4, -0.2) is 82.4 Å². The van der Waals surface area contributed by atoms with Gasteiger partial charge in [-0.05, 0) is 65.0 Å². The molecule has 0 radical (unpaired) electrons. The van der Waals surface area contributed by atoms with Gasteiger partial charge in [0.2, 0.25) is 0 Å². The predicted molar refractivity (Wildman–Crippen MR) is 151 cm³/mol. The minimum Gasteiger partial charge on any atom is -0.481 e. The van der Waals surface area contributed by atoms with Crippen LogP contribution >= 0.6 is 0 Å². The van der Waals surface area contributed by atoms with Crippen LogP contribution in [0.5, 0.6) is 0 Å². The number of methoxy groups -OCH3 is 1. The van der Waals surface area contributed by atoms with Gasteiger partial charge in [0.1, 0.15) is 11.3 Å². The van der Waals surface area contributed by atoms with Gasteiger partial charge in [-0.2, -0.15) is 0 Å². The molecule has 39 heavy (non-hydrogen) atoms. The molecule has 1 aliphatic rings. The highest BCUT2D eigenvalue weighted by atomic mass is 16.6. The van der Waals surface area contributed by atoms with Crippen LogP contribution in [0.3, 0.4) is 0 Å². The Balaban J connectivity index is 2.01. The highest BCUT2D eigenvalue weighted by molar-refractivity contribution is 5.99. The molecule has 1 saturated heterocycles. The smallest absolute Gasteiger partial charge is 0.410 e. The van der Waals surface area contributed by atoms with Gasteiger partial charge in [-0.3, -0.25) is 9.59 Å². The number of rotatable bonds is 10. The average Bonchev–Trinajstić information content (AvgIpc) is 3.21. The molecule has 1 aromatic heterocycles. The third kappa shape index (κ3) is 7.53. The molecule has 1 N–H and O–H groups in total. The number of piperidine rings is 1. The minimum absolute atomic E-state index is 0.0250. The van der Waals surface area contributed by atoms with E-state index in [0.717, 1.165) is 23.7 Å². The molecule has 2 atom stereocenters. The highest BCUT2D eigenvalue weighted by Gasteiger charge is 2.47. The van der Waals surface area contributed by atoms with Gasteiger partial charge in [-0.1, -0.05) is 32.0 Å². The van der Waals surface area contributed by atoms with E-state index in [4.69, 9.17) is 9.47 Å². The summed E-state index contributed by atoms with van der Waals surface area (Å²) in [5.41, 5.74) is -0.388. The zero-order valence-electron chi connectivity index (χ0n) is 24.5. The topological polar surface area (TPSA) is 101 Å². The van der Waals surface area contributed by atoms with Crippen LogP contribution in [0.15, 0.2) is 30.3 Å². The van der Waals surface area contributed by atoms with E-state index in [1.54, 1.807) is 39.7 Å². The van der Waals surface area contributed by atoms with E-state index in [-0.39, 0.29) is 31.3 Å². The Morgan fingerprint density at radius 3 is 2.49 bits per heavy atom. The van der Waals surface area contributed by atoms with Crippen molar-refractivity contribution >= 4 is 28.9 Å². The van der Waals surface area contributed by atoms with Crippen molar-refractivity contribution in [2.75, 3.05) is 33.4 Å². The molecule has 0 unspecified atom stereocenters. The van der Waals surface area contributed by atoms with Gasteiger partial charge in [0.15, 0.2) is 0 Å². The Bertz CT molecular complexity index is 1170. The molecular formula is C30H45N3O6. The number of carbonyl (C=O) groups is 3. The summed E-state index contributed by atoms with van der Waals surface area (Å²) in [4.78, 5) is 43.1. The van der Waals surface area contributed by atoms with E-state index >= 15 is 0 Å². The Morgan fingerprint density at radius 1 is 1.18 bits per heavy atom. The number of hydrogen-bond acceptors (Lipinski definition) is 5. The van der Waals surface area contributed by atoms with Crippen molar-refractivity contribution in [2.24, 2.45) is 11.3 Å². The van der Waals surface area contributed by atoms with Crippen molar-refractivity contribution in [3.63, 3.8) is 0 Å². The van der Waals surface area contributed by atoms with Crippen molar-refractivity contribution in [2.45, 2.75) is 79.0 Å². The number of benzene rings is 1. The Labute approximate surface area is 232 Å². The molecule has 2 amide bonds. The monoisotopic (exact) mass is 543 g/mol. The number of carbonyl (C=O) groups excluding carboxylic acids is 2. The van der Waals surface area contributed by atoms with E-state index in [2.05, 4.69) is 4.57 Å². The second-order valence-electron chi connectivity index (χ2n) is 12.4. The number of amides is 2. The molecule has 1 aliphatic heterocycles. The molecule has 0 bridgehead atoms. The van der Waals surface area contributed by atoms with Crippen LogP contribution in [-0.2, 0) is 20.8 Å². The first-order valence-corrected chi connectivity index (χ1v) is 13.8. The number of fused-ring (bicyclic) bond motifs is 1. The van der Waals surface area contributed by atoms with E-state index in [1.165, 1.54) is 4.90 Å². The first kappa shape index (κ1) is 30.5. The zero-order valence-corrected chi connectivity index (χ0v) is 24.5. The first-order chi connectivity index (χ1) is 18.3. The summed E-state index contributed by atoms with van der Waals surface area (Å²) in [5.74, 6) is -1.01. The predicted octanol–water partition coefficient (Wildman–Crippen LogP) is 5.27. The Hall–Kier alpha value is -3.07. The number of aromatic nitrogens is 1. The standard InChI is InChI=1S/C30H45N3O6/c1-21(2)18-33(23-17-30(6,27(35)36)20-31(19-23)28(37)39-29(3,4)5)26(34)25-16-22-12-8-9-13-24(22)32(25)14-10-11-15-38-7/h8-9,12-13,16,21,23H,10-11,14-15,17-20H2,1-7H3,(H,35,36)/t23-,30+/m0/s1. The fraction of sp³-hybridized carbons (Fsp3) is 0.633. The molecule has 1 fully saturated rings. The third-order valence-corrected chi connectivity index (χ3v) is 7.10. The van der Waals surface area contributed by atoms with Gasteiger partial charge >= 0.3 is 12.1 Å². The molecular weight excluding hydrogens is 498 g/mol. The lowest BCUT2D eigenvalue weighted by molar-refractivity contribution is -0.152. The van der Waals surface area contributed by atoms with Crippen LogP contribution in [0.2, 0.25) is 0 Å². The normalized spacial score (nSPS) is 19.9. The summed E-state index contributed by atoms with van der Waals surface area (Å²) in [6.07, 6.45) is 1.40. The van der Waals surface area contributed by atoms with Crippen LogP contribution in [0.4, 0.5) is 4.79 Å². The van der Waals surface area contributed by atoms with Crippen LogP contribution < -0.4 is 0 Å². The molecule has 9 heteroatoms. The number of hydrogen-bond donors (Lipinski definition) is 1. The van der Waals surface area contributed by atoms with Crippen molar-refractivity contribution in [1.29, 1.82) is 0 Å². The lowest BCUT2D eigenvalue weighted by Gasteiger charge is -2.46. The van der Waals surface area contributed by atoms with Crippen molar-refractivity contribution in [1.82, 2.24) is 14.4 Å². The lowest BCUT2D eigenvalue weighted by atomic mass is 9.79. The molecule has 216 valence electrons. The second kappa shape index (κ2) is 12.4. The third-order valence-electron chi connectivity index (χ3n) is 7.10. The number of likely N-dealkylation sites (tertiary alicyclic amines) is 1. The van der Waals surface area contributed by atoms with Crippen molar-refractivity contribution in [3.8, 4) is 0 Å². The van der Waals surface area contributed by atoms with E-state index < -0.39 is 29.1 Å². The van der Waals surface area contributed by atoms with Gasteiger partial charge in [0.25, 0.3) is 5.91 Å². The number of nitrogens with zero attached hydrogens (tertiary/aromatic N) is 3. The Kier molecular flexibility index (Phi) is 9.69. The molecule has 0 aliphatic carbocycles. The number of unbranched alkanes of at least 4 members (excludes halogenated alkanes) is 1. The van der Waals surface area contributed by atoms with Crippen molar-refractivity contribution in [3.05, 3.63) is 36.0 Å². The average molecular weight is 544 g/mol. The highest BCUT2D eigenvalue weighted by Crippen LogP contribution is 2.34. The number of carboxylic acid groups (broad SMARTS) is 1. The molecule has 2 heterocycles. The van der Waals surface area contributed by atoms with E-state index in [1.807, 2.05) is 44.2 Å². The maximum atomic E-state index is 14.3. The summed E-state index contributed by atoms with van der Waals surface area (Å²) in [6, 6.07) is 9.37. The number of ether oxygens (including phenoxy) is 2.